The molecular formula is C28H31N7. The molecule has 0 N–H and O–H groups in total. The monoisotopic (exact) mass is 465 g/mol. The van der Waals surface area contributed by atoms with Crippen LogP contribution in [0.25, 0.3) is 22.8 Å². The van der Waals surface area contributed by atoms with Crippen molar-refractivity contribution in [2.75, 3.05) is 23.5 Å². The predicted molar refractivity (Wildman–Crippen MR) is 139 cm³/mol. The molecule has 7 nitrogen and oxygen atoms in total. The highest BCUT2D eigenvalue weighted by Gasteiger charge is 2.28. The zero-order chi connectivity index (χ0) is 24.1. The van der Waals surface area contributed by atoms with Gasteiger partial charge >= 0.3 is 0 Å². The number of imidazole rings is 1. The van der Waals surface area contributed by atoms with Gasteiger partial charge in [0, 0.05) is 50.1 Å². The third-order valence-corrected chi connectivity index (χ3v) is 6.95. The number of fused-ring (bicyclic) bond motifs is 1. The number of aromatic nitrogens is 5. The molecule has 0 atom stereocenters. The van der Waals surface area contributed by atoms with Crippen LogP contribution < -0.4 is 9.80 Å². The van der Waals surface area contributed by atoms with Crippen molar-refractivity contribution >= 4 is 11.5 Å². The van der Waals surface area contributed by atoms with Gasteiger partial charge in [-0.15, -0.1) is 0 Å². The molecule has 6 rings (SSSR count). The van der Waals surface area contributed by atoms with E-state index in [-0.39, 0.29) is 0 Å². The molecule has 4 heterocycles. The molecule has 0 radical (unpaired) electrons. The largest absolute Gasteiger partial charge is 0.353 e. The molecule has 1 saturated carbocycles. The average molecular weight is 466 g/mol. The van der Waals surface area contributed by atoms with Crippen molar-refractivity contribution in [1.82, 2.24) is 24.5 Å². The molecule has 1 aliphatic carbocycles. The fourth-order valence-electron chi connectivity index (χ4n) is 4.90. The summed E-state index contributed by atoms with van der Waals surface area (Å²) < 4.78 is 2.15. The lowest BCUT2D eigenvalue weighted by Crippen LogP contribution is -2.27. The summed E-state index contributed by atoms with van der Waals surface area (Å²) >= 11 is 0. The van der Waals surface area contributed by atoms with E-state index in [4.69, 9.17) is 15.0 Å². The number of nitrogens with zero attached hydrogens (tertiary/aromatic N) is 7. The van der Waals surface area contributed by atoms with Crippen LogP contribution in [-0.4, -0.2) is 38.2 Å². The number of hydrogen-bond donors (Lipinski definition) is 0. The molecule has 3 aromatic heterocycles. The standard InChI is InChI=1S/C28H31N7/c1-18(2)25-22(6-5-13-29-25)26-30-14-24-28(32-26)35(17-34(24)4)15-19-7-9-21(10-8-19)27-31-23(16-33(27)3)20-11-12-20/h5-10,13-14,16,18,20H,11-12,15,17H2,1-4H3. The van der Waals surface area contributed by atoms with Crippen LogP contribution in [0.3, 0.4) is 0 Å². The molecule has 1 aromatic carbocycles. The molecule has 0 unspecified atom stereocenters. The SMILES string of the molecule is CC(C)c1ncccc1-c1ncc2c(n1)N(Cc1ccc(-c3nc(C4CC4)cn3C)cc1)CN2C. The molecule has 178 valence electrons. The van der Waals surface area contributed by atoms with Crippen LogP contribution in [0.4, 0.5) is 11.5 Å². The third-order valence-electron chi connectivity index (χ3n) is 6.95. The summed E-state index contributed by atoms with van der Waals surface area (Å²) in [5.74, 6) is 3.71. The van der Waals surface area contributed by atoms with Crippen molar-refractivity contribution < 1.29 is 0 Å². The van der Waals surface area contributed by atoms with E-state index in [2.05, 4.69) is 83.8 Å². The maximum Gasteiger partial charge on any atom is 0.163 e. The zero-order valence-corrected chi connectivity index (χ0v) is 20.8. The Labute approximate surface area is 206 Å². The lowest BCUT2D eigenvalue weighted by atomic mass is 10.0. The molecule has 2 aliphatic rings. The van der Waals surface area contributed by atoms with Gasteiger partial charge in [-0.2, -0.15) is 0 Å². The van der Waals surface area contributed by atoms with E-state index in [1.54, 1.807) is 0 Å². The minimum absolute atomic E-state index is 0.305. The molecule has 0 spiro atoms. The molecule has 4 aromatic rings. The summed E-state index contributed by atoms with van der Waals surface area (Å²) in [6, 6.07) is 12.8. The summed E-state index contributed by atoms with van der Waals surface area (Å²) in [4.78, 5) is 23.7. The van der Waals surface area contributed by atoms with Gasteiger partial charge in [0.25, 0.3) is 0 Å². The smallest absolute Gasteiger partial charge is 0.163 e. The summed E-state index contributed by atoms with van der Waals surface area (Å²) in [6.45, 7) is 5.87. The van der Waals surface area contributed by atoms with Gasteiger partial charge in [-0.05, 0) is 36.5 Å². The minimum atomic E-state index is 0.305. The number of benzene rings is 1. The first kappa shape index (κ1) is 21.8. The van der Waals surface area contributed by atoms with Crippen LogP contribution in [0.5, 0.6) is 0 Å². The van der Waals surface area contributed by atoms with E-state index in [9.17, 15) is 0 Å². The first-order chi connectivity index (χ1) is 17.0. The Morgan fingerprint density at radius 1 is 1.00 bits per heavy atom. The van der Waals surface area contributed by atoms with Gasteiger partial charge in [0.2, 0.25) is 0 Å². The van der Waals surface area contributed by atoms with Crippen LogP contribution in [0.1, 0.15) is 55.5 Å². The lowest BCUT2D eigenvalue weighted by molar-refractivity contribution is 0.806. The Kier molecular flexibility index (Phi) is 5.28. The van der Waals surface area contributed by atoms with Gasteiger partial charge in [0.1, 0.15) is 5.82 Å². The van der Waals surface area contributed by atoms with Gasteiger partial charge in [0.05, 0.1) is 29.9 Å². The van der Waals surface area contributed by atoms with E-state index in [1.807, 2.05) is 18.5 Å². The highest BCUT2D eigenvalue weighted by Crippen LogP contribution is 2.40. The zero-order valence-electron chi connectivity index (χ0n) is 20.8. The molecule has 0 bridgehead atoms. The van der Waals surface area contributed by atoms with E-state index in [0.717, 1.165) is 53.2 Å². The van der Waals surface area contributed by atoms with Gasteiger partial charge in [-0.25, -0.2) is 15.0 Å². The third kappa shape index (κ3) is 4.05. The van der Waals surface area contributed by atoms with Gasteiger partial charge in [-0.1, -0.05) is 38.1 Å². The van der Waals surface area contributed by atoms with Crippen LogP contribution in [0.15, 0.2) is 55.0 Å². The van der Waals surface area contributed by atoms with E-state index >= 15 is 0 Å². The van der Waals surface area contributed by atoms with Crippen LogP contribution in [-0.2, 0) is 13.6 Å². The first-order valence-electron chi connectivity index (χ1n) is 12.4. The van der Waals surface area contributed by atoms with Crippen molar-refractivity contribution in [3.05, 3.63) is 71.9 Å². The number of rotatable bonds is 6. The highest BCUT2D eigenvalue weighted by atomic mass is 15.4. The first-order valence-corrected chi connectivity index (χ1v) is 12.4. The highest BCUT2D eigenvalue weighted by molar-refractivity contribution is 5.74. The molecule has 0 saturated heterocycles. The molecule has 1 fully saturated rings. The number of hydrogen-bond acceptors (Lipinski definition) is 6. The van der Waals surface area contributed by atoms with Crippen LogP contribution in [0.2, 0.25) is 0 Å². The van der Waals surface area contributed by atoms with Crippen molar-refractivity contribution in [2.24, 2.45) is 7.05 Å². The molecule has 1 aliphatic heterocycles. The number of aryl methyl sites for hydroxylation is 1. The Hall–Kier alpha value is -3.74. The van der Waals surface area contributed by atoms with Crippen LogP contribution in [0, 0.1) is 0 Å². The van der Waals surface area contributed by atoms with Crippen molar-refractivity contribution in [2.45, 2.75) is 45.1 Å². The fraction of sp³-hybridized carbons (Fsp3) is 0.357. The lowest BCUT2D eigenvalue weighted by Gasteiger charge is -2.19. The quantitative estimate of drug-likeness (QED) is 0.382. The minimum Gasteiger partial charge on any atom is -0.353 e. The molecule has 35 heavy (non-hydrogen) atoms. The van der Waals surface area contributed by atoms with Crippen molar-refractivity contribution in [3.63, 3.8) is 0 Å². The molecule has 7 heteroatoms. The second kappa shape index (κ2) is 8.48. The van der Waals surface area contributed by atoms with Crippen molar-refractivity contribution in [1.29, 1.82) is 0 Å². The van der Waals surface area contributed by atoms with E-state index in [1.165, 1.54) is 24.1 Å². The molecular weight excluding hydrogens is 434 g/mol. The summed E-state index contributed by atoms with van der Waals surface area (Å²) in [5.41, 5.74) is 6.72. The average Bonchev–Trinajstić information content (AvgIpc) is 3.58. The summed E-state index contributed by atoms with van der Waals surface area (Å²) in [6.07, 6.45) is 8.50. The Bertz CT molecular complexity index is 1370. The Balaban J connectivity index is 1.26. The maximum atomic E-state index is 5.02. The Morgan fingerprint density at radius 3 is 2.54 bits per heavy atom. The van der Waals surface area contributed by atoms with Gasteiger partial charge < -0.3 is 14.4 Å². The summed E-state index contributed by atoms with van der Waals surface area (Å²) in [7, 11) is 4.18. The second-order valence-electron chi connectivity index (χ2n) is 10.1. The fourth-order valence-corrected chi connectivity index (χ4v) is 4.90. The van der Waals surface area contributed by atoms with Crippen LogP contribution >= 0.6 is 0 Å². The topological polar surface area (TPSA) is 63.0 Å². The van der Waals surface area contributed by atoms with E-state index < -0.39 is 0 Å². The van der Waals surface area contributed by atoms with E-state index in [0.29, 0.717) is 11.8 Å². The number of pyridine rings is 1. The maximum absolute atomic E-state index is 5.02. The van der Waals surface area contributed by atoms with Gasteiger partial charge in [0.15, 0.2) is 11.6 Å². The Morgan fingerprint density at radius 2 is 1.80 bits per heavy atom. The number of anilines is 2. The van der Waals surface area contributed by atoms with Gasteiger partial charge in [-0.3, -0.25) is 4.98 Å². The normalized spacial score (nSPS) is 15.2. The van der Waals surface area contributed by atoms with Crippen molar-refractivity contribution in [3.8, 4) is 22.8 Å². The molecule has 0 amide bonds. The second-order valence-corrected chi connectivity index (χ2v) is 10.1. The predicted octanol–water partition coefficient (Wildman–Crippen LogP) is 5.35. The summed E-state index contributed by atoms with van der Waals surface area (Å²) in [5, 5.41) is 0.